The van der Waals surface area contributed by atoms with Gasteiger partial charge in [-0.1, -0.05) is 20.3 Å². The van der Waals surface area contributed by atoms with Gasteiger partial charge in [0.15, 0.2) is 6.29 Å². The highest BCUT2D eigenvalue weighted by molar-refractivity contribution is 5.76. The highest BCUT2D eigenvalue weighted by atomic mass is 16.7. The quantitative estimate of drug-likeness (QED) is 0.515. The molecule has 0 aromatic heterocycles. The lowest BCUT2D eigenvalue weighted by molar-refractivity contribution is -0.148. The van der Waals surface area contributed by atoms with Gasteiger partial charge in [-0.3, -0.25) is 10.1 Å². The van der Waals surface area contributed by atoms with E-state index in [4.69, 9.17) is 14.2 Å². The Morgan fingerprint density at radius 2 is 1.71 bits per heavy atom. The molecule has 5 nitrogen and oxygen atoms in total. The van der Waals surface area contributed by atoms with Crippen molar-refractivity contribution in [1.82, 2.24) is 5.32 Å². The van der Waals surface area contributed by atoms with Crippen molar-refractivity contribution in [3.05, 3.63) is 0 Å². The summed E-state index contributed by atoms with van der Waals surface area (Å²) in [6.45, 7) is 5.96. The summed E-state index contributed by atoms with van der Waals surface area (Å²) in [5.74, 6) is -0.0589. The average Bonchev–Trinajstić information content (AvgIpc) is 2.35. The molecule has 0 aliphatic carbocycles. The van der Waals surface area contributed by atoms with Crippen LogP contribution in [-0.4, -0.2) is 45.7 Å². The number of esters is 1. The minimum absolute atomic E-state index is 0.0944. The summed E-state index contributed by atoms with van der Waals surface area (Å²) in [6, 6.07) is -0.434. The van der Waals surface area contributed by atoms with Crippen LogP contribution in [0.1, 0.15) is 27.2 Å². The van der Waals surface area contributed by atoms with E-state index in [1.165, 1.54) is 7.11 Å². The van der Waals surface area contributed by atoms with Gasteiger partial charge in [0.1, 0.15) is 6.04 Å². The number of rotatable bonds is 8. The first-order valence-corrected chi connectivity index (χ1v) is 5.91. The number of ether oxygens (including phenoxy) is 3. The molecule has 0 radical (unpaired) electrons. The maximum Gasteiger partial charge on any atom is 0.323 e. The van der Waals surface area contributed by atoms with E-state index in [0.29, 0.717) is 0 Å². The van der Waals surface area contributed by atoms with Crippen LogP contribution in [0.4, 0.5) is 0 Å². The van der Waals surface area contributed by atoms with Crippen LogP contribution >= 0.6 is 0 Å². The van der Waals surface area contributed by atoms with Crippen molar-refractivity contribution in [3.8, 4) is 0 Å². The second-order valence-corrected chi connectivity index (χ2v) is 4.18. The van der Waals surface area contributed by atoms with Crippen LogP contribution in [0.3, 0.4) is 0 Å². The second-order valence-electron chi connectivity index (χ2n) is 4.18. The molecule has 1 N–H and O–H groups in total. The van der Waals surface area contributed by atoms with Crippen LogP contribution in [0, 0.1) is 5.92 Å². The average molecular weight is 247 g/mol. The predicted octanol–water partition coefficient (Wildman–Crippen LogP) is 1.17. The number of carbonyl (C=O) groups excluding carboxylic acids is 1. The fourth-order valence-electron chi connectivity index (χ4n) is 1.69. The molecule has 0 spiro atoms. The molecule has 0 aliphatic heterocycles. The summed E-state index contributed by atoms with van der Waals surface area (Å²) >= 11 is 0. The van der Waals surface area contributed by atoms with Gasteiger partial charge >= 0.3 is 5.97 Å². The lowest BCUT2D eigenvalue weighted by atomic mass is 9.98. The molecule has 102 valence electrons. The van der Waals surface area contributed by atoms with Gasteiger partial charge in [0.25, 0.3) is 0 Å². The number of hydrogen-bond donors (Lipinski definition) is 1. The van der Waals surface area contributed by atoms with E-state index in [1.807, 2.05) is 20.8 Å². The monoisotopic (exact) mass is 247 g/mol. The molecule has 0 bridgehead atoms. The lowest BCUT2D eigenvalue weighted by Crippen LogP contribution is -2.51. The van der Waals surface area contributed by atoms with Gasteiger partial charge in [-0.25, -0.2) is 0 Å². The molecule has 0 aromatic rings. The van der Waals surface area contributed by atoms with Crippen molar-refractivity contribution in [3.63, 3.8) is 0 Å². The largest absolute Gasteiger partial charge is 0.468 e. The Kier molecular flexibility index (Phi) is 8.12. The zero-order valence-electron chi connectivity index (χ0n) is 11.6. The maximum absolute atomic E-state index is 11.7. The summed E-state index contributed by atoms with van der Waals surface area (Å²) in [7, 11) is 4.54. The Labute approximate surface area is 104 Å². The zero-order chi connectivity index (χ0) is 13.4. The number of carbonyl (C=O) groups is 1. The van der Waals surface area contributed by atoms with Gasteiger partial charge in [-0.15, -0.1) is 0 Å². The van der Waals surface area contributed by atoms with Gasteiger partial charge in [0, 0.05) is 14.2 Å². The molecule has 5 heteroatoms. The summed E-state index contributed by atoms with van der Waals surface area (Å²) < 4.78 is 15.1. The summed E-state index contributed by atoms with van der Waals surface area (Å²) in [5.41, 5.74) is 0. The first-order valence-electron chi connectivity index (χ1n) is 5.91. The summed E-state index contributed by atoms with van der Waals surface area (Å²) in [5, 5.41) is 3.20. The van der Waals surface area contributed by atoms with Crippen LogP contribution < -0.4 is 5.32 Å². The van der Waals surface area contributed by atoms with Crippen molar-refractivity contribution in [1.29, 1.82) is 0 Å². The molecule has 3 atom stereocenters. The molecule has 0 rings (SSSR count). The van der Waals surface area contributed by atoms with Crippen LogP contribution in [0.25, 0.3) is 0 Å². The van der Waals surface area contributed by atoms with Gasteiger partial charge in [-0.05, 0) is 12.8 Å². The van der Waals surface area contributed by atoms with Gasteiger partial charge in [0.2, 0.25) is 0 Å². The highest BCUT2D eigenvalue weighted by Gasteiger charge is 2.28. The number of nitrogens with one attached hydrogen (secondary N) is 1. The number of hydrogen-bond acceptors (Lipinski definition) is 5. The van der Waals surface area contributed by atoms with E-state index < -0.39 is 0 Å². The Balaban J connectivity index is 4.57. The molecule has 0 heterocycles. The topological polar surface area (TPSA) is 56.8 Å². The third-order valence-electron chi connectivity index (χ3n) is 2.98. The molecule has 0 amide bonds. The third kappa shape index (κ3) is 5.02. The Hall–Kier alpha value is -0.650. The Morgan fingerprint density at radius 1 is 1.18 bits per heavy atom. The van der Waals surface area contributed by atoms with E-state index in [9.17, 15) is 4.79 Å². The fourth-order valence-corrected chi connectivity index (χ4v) is 1.69. The van der Waals surface area contributed by atoms with Crippen LogP contribution in [0.2, 0.25) is 0 Å². The van der Waals surface area contributed by atoms with E-state index >= 15 is 0 Å². The molecular formula is C12H25NO4. The van der Waals surface area contributed by atoms with E-state index in [-0.39, 0.29) is 30.3 Å². The molecule has 0 saturated heterocycles. The third-order valence-corrected chi connectivity index (χ3v) is 2.98. The molecule has 0 fully saturated rings. The summed E-state index contributed by atoms with van der Waals surface area (Å²) in [6.07, 6.45) is 0.510. The summed E-state index contributed by atoms with van der Waals surface area (Å²) in [4.78, 5) is 11.7. The zero-order valence-corrected chi connectivity index (χ0v) is 11.6. The van der Waals surface area contributed by atoms with Crippen molar-refractivity contribution in [2.75, 3.05) is 21.3 Å². The minimum atomic E-state index is -0.383. The van der Waals surface area contributed by atoms with Crippen molar-refractivity contribution in [2.45, 2.75) is 45.6 Å². The SMILES string of the molecule is CCC(C)C(NC(C)C(OC)OC)C(=O)OC. The van der Waals surface area contributed by atoms with E-state index in [2.05, 4.69) is 5.32 Å². The van der Waals surface area contributed by atoms with E-state index in [1.54, 1.807) is 14.2 Å². The van der Waals surface area contributed by atoms with Crippen molar-refractivity contribution in [2.24, 2.45) is 5.92 Å². The molecular weight excluding hydrogens is 222 g/mol. The minimum Gasteiger partial charge on any atom is -0.468 e. The first kappa shape index (κ1) is 16.4. The molecule has 0 aliphatic rings. The fraction of sp³-hybridized carbons (Fsp3) is 0.917. The predicted molar refractivity (Wildman–Crippen MR) is 65.7 cm³/mol. The first-order chi connectivity index (χ1) is 8.01. The second kappa shape index (κ2) is 8.44. The van der Waals surface area contributed by atoms with Crippen LogP contribution in [0.15, 0.2) is 0 Å². The van der Waals surface area contributed by atoms with E-state index in [0.717, 1.165) is 6.42 Å². The van der Waals surface area contributed by atoms with Gasteiger partial charge < -0.3 is 14.2 Å². The normalized spacial score (nSPS) is 16.6. The van der Waals surface area contributed by atoms with Crippen molar-refractivity contribution < 1.29 is 19.0 Å². The Bertz CT molecular complexity index is 219. The standard InChI is InChI=1S/C12H25NO4/c1-7-8(2)10(11(14)15-4)13-9(3)12(16-5)17-6/h8-10,12-13H,7H2,1-6H3. The van der Waals surface area contributed by atoms with Crippen molar-refractivity contribution >= 4 is 5.97 Å². The smallest absolute Gasteiger partial charge is 0.323 e. The molecule has 0 saturated carbocycles. The molecule has 0 aromatic carbocycles. The van der Waals surface area contributed by atoms with Crippen LogP contribution in [0.5, 0.6) is 0 Å². The Morgan fingerprint density at radius 3 is 2.06 bits per heavy atom. The molecule has 17 heavy (non-hydrogen) atoms. The lowest BCUT2D eigenvalue weighted by Gasteiger charge is -2.29. The molecule has 3 unspecified atom stereocenters. The number of methoxy groups -OCH3 is 3. The van der Waals surface area contributed by atoms with Crippen LogP contribution in [-0.2, 0) is 19.0 Å². The van der Waals surface area contributed by atoms with Gasteiger partial charge in [-0.2, -0.15) is 0 Å². The highest BCUT2D eigenvalue weighted by Crippen LogP contribution is 2.11. The van der Waals surface area contributed by atoms with Gasteiger partial charge in [0.05, 0.1) is 13.2 Å². The maximum atomic E-state index is 11.7.